The number of hydrogen-bond donors (Lipinski definition) is 1. The molecule has 0 amide bonds. The van der Waals surface area contributed by atoms with Crippen LogP contribution in [0.3, 0.4) is 0 Å². The average Bonchev–Trinajstić information content (AvgIpc) is 2.67. The predicted molar refractivity (Wildman–Crippen MR) is 132 cm³/mol. The Kier molecular flexibility index (Phi) is 9.51. The number of hydrogen-bond acceptors (Lipinski definition) is 3. The zero-order valence-electron chi connectivity index (χ0n) is 19.9. The molecule has 0 bridgehead atoms. The first-order valence-electron chi connectivity index (χ1n) is 10.4. The number of phenols is 1. The zero-order valence-corrected chi connectivity index (χ0v) is 19.9. The molecule has 0 aliphatic rings. The van der Waals surface area contributed by atoms with E-state index in [0.29, 0.717) is 5.75 Å². The third-order valence-corrected chi connectivity index (χ3v) is 4.31. The topological polar surface area (TPSA) is 46.5 Å². The van der Waals surface area contributed by atoms with Crippen molar-refractivity contribution in [3.8, 4) is 5.75 Å². The first kappa shape index (κ1) is 26.0. The summed E-state index contributed by atoms with van der Waals surface area (Å²) < 4.78 is 4.83. The maximum absolute atomic E-state index is 10.5. The molecular formula is C28H36O3. The molecule has 2 aromatic rings. The molecule has 1 N–H and O–H groups in total. The highest BCUT2D eigenvalue weighted by molar-refractivity contribution is 5.81. The van der Waals surface area contributed by atoms with Crippen molar-refractivity contribution in [3.63, 3.8) is 0 Å². The van der Waals surface area contributed by atoms with E-state index in [1.54, 1.807) is 12.1 Å². The second-order valence-corrected chi connectivity index (χ2v) is 9.37. The maximum atomic E-state index is 10.5. The lowest BCUT2D eigenvalue weighted by atomic mass is 9.87. The summed E-state index contributed by atoms with van der Waals surface area (Å²) in [4.78, 5) is 10.5. The van der Waals surface area contributed by atoms with E-state index < -0.39 is 5.60 Å². The van der Waals surface area contributed by atoms with Gasteiger partial charge in [-0.2, -0.15) is 0 Å². The summed E-state index contributed by atoms with van der Waals surface area (Å²) in [6, 6.07) is 16.0. The highest BCUT2D eigenvalue weighted by Crippen LogP contribution is 2.22. The van der Waals surface area contributed by atoms with Gasteiger partial charge in [0.15, 0.2) is 0 Å². The predicted octanol–water partition coefficient (Wildman–Crippen LogP) is 7.32. The molecule has 0 radical (unpaired) electrons. The number of carbonyl (C=O) groups is 1. The Morgan fingerprint density at radius 1 is 0.935 bits per heavy atom. The van der Waals surface area contributed by atoms with E-state index in [1.165, 1.54) is 16.7 Å². The van der Waals surface area contributed by atoms with Crippen molar-refractivity contribution in [2.45, 2.75) is 59.5 Å². The molecule has 0 atom stereocenters. The Labute approximate surface area is 187 Å². The highest BCUT2D eigenvalue weighted by Gasteiger charge is 2.13. The van der Waals surface area contributed by atoms with Crippen LogP contribution in [0.15, 0.2) is 73.3 Å². The Bertz CT molecular complexity index is 901. The van der Waals surface area contributed by atoms with E-state index in [1.807, 2.05) is 32.9 Å². The molecule has 0 saturated carbocycles. The van der Waals surface area contributed by atoms with Crippen LogP contribution in [0.25, 0.3) is 11.6 Å². The Morgan fingerprint density at radius 2 is 1.48 bits per heavy atom. The van der Waals surface area contributed by atoms with E-state index in [2.05, 4.69) is 76.8 Å². The minimum absolute atomic E-state index is 0.192. The van der Waals surface area contributed by atoms with Gasteiger partial charge in [0.05, 0.1) is 0 Å². The minimum Gasteiger partial charge on any atom is -0.508 e. The van der Waals surface area contributed by atoms with Crippen molar-refractivity contribution >= 4 is 17.6 Å². The van der Waals surface area contributed by atoms with Crippen molar-refractivity contribution in [1.82, 2.24) is 0 Å². The lowest BCUT2D eigenvalue weighted by Gasteiger charge is -2.18. The quantitative estimate of drug-likeness (QED) is 0.320. The van der Waals surface area contributed by atoms with Crippen LogP contribution in [0.5, 0.6) is 5.75 Å². The molecule has 166 valence electrons. The molecule has 0 heterocycles. The molecule has 0 saturated heterocycles. The Balaban J connectivity index is 0.000000452. The van der Waals surface area contributed by atoms with Crippen molar-refractivity contribution in [2.75, 3.05) is 0 Å². The zero-order chi connectivity index (χ0) is 23.7. The van der Waals surface area contributed by atoms with E-state index >= 15 is 0 Å². The fraction of sp³-hybridized carbons (Fsp3) is 0.321. The standard InChI is InChI=1S/C21H24O.C7H12O2/c1-16(18-10-14-20(22)15-11-18)6-5-7-17-8-12-19(13-9-17)21(2,3)4;1-5-6(8)9-7(2,3)4/h5-15,22H,1-4H3;5H,1H2,2-4H3. The summed E-state index contributed by atoms with van der Waals surface area (Å²) in [5.41, 5.74) is 4.62. The average molecular weight is 421 g/mol. The second kappa shape index (κ2) is 11.4. The normalized spacial score (nSPS) is 12.2. The first-order valence-corrected chi connectivity index (χ1v) is 10.4. The summed E-state index contributed by atoms with van der Waals surface area (Å²) in [6.45, 7) is 17.5. The maximum Gasteiger partial charge on any atom is 0.330 e. The fourth-order valence-corrected chi connectivity index (χ4v) is 2.56. The summed E-state index contributed by atoms with van der Waals surface area (Å²) >= 11 is 0. The molecule has 0 aliphatic heterocycles. The summed E-state index contributed by atoms with van der Waals surface area (Å²) in [6.07, 6.45) is 7.42. The SMILES string of the molecule is C=CC(=O)OC(C)(C)C.CC(=CC=Cc1ccc(C(C)(C)C)cc1)c1ccc(O)cc1. The lowest BCUT2D eigenvalue weighted by Crippen LogP contribution is -2.22. The van der Waals surface area contributed by atoms with Gasteiger partial charge in [-0.15, -0.1) is 0 Å². The number of esters is 1. The van der Waals surface area contributed by atoms with Crippen LogP contribution in [-0.2, 0) is 14.9 Å². The summed E-state index contributed by atoms with van der Waals surface area (Å²) in [5.74, 6) is -0.0754. The van der Waals surface area contributed by atoms with E-state index in [0.717, 1.165) is 11.6 Å². The van der Waals surface area contributed by atoms with Crippen LogP contribution < -0.4 is 0 Å². The van der Waals surface area contributed by atoms with Gasteiger partial charge in [0.2, 0.25) is 0 Å². The molecule has 0 aliphatic carbocycles. The van der Waals surface area contributed by atoms with Gasteiger partial charge in [-0.1, -0.05) is 82.0 Å². The highest BCUT2D eigenvalue weighted by atomic mass is 16.6. The molecule has 31 heavy (non-hydrogen) atoms. The number of carbonyl (C=O) groups excluding carboxylic acids is 1. The number of phenolic OH excluding ortho intramolecular Hbond substituents is 1. The van der Waals surface area contributed by atoms with Gasteiger partial charge >= 0.3 is 5.97 Å². The van der Waals surface area contributed by atoms with Crippen LogP contribution >= 0.6 is 0 Å². The van der Waals surface area contributed by atoms with E-state index in [9.17, 15) is 9.90 Å². The van der Waals surface area contributed by atoms with Gasteiger partial charge in [0, 0.05) is 6.08 Å². The van der Waals surface area contributed by atoms with Crippen LogP contribution in [0.2, 0.25) is 0 Å². The minimum atomic E-state index is -0.398. The van der Waals surface area contributed by atoms with Gasteiger partial charge in [0.1, 0.15) is 11.4 Å². The third-order valence-electron chi connectivity index (χ3n) is 4.31. The molecular weight excluding hydrogens is 384 g/mol. The summed E-state index contributed by atoms with van der Waals surface area (Å²) in [7, 11) is 0. The molecule has 2 rings (SSSR count). The Hall–Kier alpha value is -3.07. The molecule has 0 unspecified atom stereocenters. The van der Waals surface area contributed by atoms with E-state index in [-0.39, 0.29) is 11.4 Å². The van der Waals surface area contributed by atoms with Crippen molar-refractivity contribution < 1.29 is 14.6 Å². The molecule has 3 heteroatoms. The van der Waals surface area contributed by atoms with Crippen molar-refractivity contribution in [1.29, 1.82) is 0 Å². The molecule has 3 nitrogen and oxygen atoms in total. The number of benzene rings is 2. The monoisotopic (exact) mass is 420 g/mol. The second-order valence-electron chi connectivity index (χ2n) is 9.37. The third kappa shape index (κ3) is 10.5. The van der Waals surface area contributed by atoms with E-state index in [4.69, 9.17) is 4.74 Å². The van der Waals surface area contributed by atoms with Crippen LogP contribution in [0.1, 0.15) is 65.2 Å². The summed E-state index contributed by atoms with van der Waals surface area (Å²) in [5, 5.41) is 9.31. The van der Waals surface area contributed by atoms with Crippen molar-refractivity contribution in [2.24, 2.45) is 0 Å². The molecule has 0 fully saturated rings. The number of allylic oxidation sites excluding steroid dienone is 3. The lowest BCUT2D eigenvalue weighted by molar-refractivity contribution is -0.148. The van der Waals surface area contributed by atoms with Crippen LogP contribution in [-0.4, -0.2) is 16.7 Å². The van der Waals surface area contributed by atoms with Gasteiger partial charge in [-0.05, 0) is 67.5 Å². The van der Waals surface area contributed by atoms with Gasteiger partial charge < -0.3 is 9.84 Å². The van der Waals surface area contributed by atoms with Crippen LogP contribution in [0, 0.1) is 0 Å². The number of ether oxygens (including phenoxy) is 1. The molecule has 2 aromatic carbocycles. The van der Waals surface area contributed by atoms with Gasteiger partial charge in [-0.3, -0.25) is 0 Å². The van der Waals surface area contributed by atoms with Crippen LogP contribution in [0.4, 0.5) is 0 Å². The fourth-order valence-electron chi connectivity index (χ4n) is 2.56. The van der Waals surface area contributed by atoms with Gasteiger partial charge in [-0.25, -0.2) is 4.79 Å². The largest absolute Gasteiger partial charge is 0.508 e. The molecule has 0 aromatic heterocycles. The van der Waals surface area contributed by atoms with Gasteiger partial charge in [0.25, 0.3) is 0 Å². The van der Waals surface area contributed by atoms with Crippen molar-refractivity contribution in [3.05, 3.63) is 90.0 Å². The first-order chi connectivity index (χ1) is 14.3. The molecule has 0 spiro atoms. The number of rotatable bonds is 4. The number of aromatic hydroxyl groups is 1. The Morgan fingerprint density at radius 3 is 1.90 bits per heavy atom. The smallest absolute Gasteiger partial charge is 0.330 e.